The van der Waals surface area contributed by atoms with Crippen LogP contribution in [0.1, 0.15) is 0 Å². The average molecular weight is 274 g/mol. The Labute approximate surface area is 104 Å². The molecule has 0 radical (unpaired) electrons. The van der Waals surface area contributed by atoms with Gasteiger partial charge in [-0.3, -0.25) is 4.72 Å². The largest absolute Gasteiger partial charge is 0.454 e. The molecule has 1 aliphatic rings. The SMILES string of the molecule is NC(=S)CS(=O)(=O)Nc1ccc2c(c1)OCO2. The summed E-state index contributed by atoms with van der Waals surface area (Å²) in [5.74, 6) is 0.694. The van der Waals surface area contributed by atoms with Crippen molar-refractivity contribution in [3.63, 3.8) is 0 Å². The quantitative estimate of drug-likeness (QED) is 0.774. The van der Waals surface area contributed by atoms with Crippen LogP contribution in [0, 0.1) is 0 Å². The van der Waals surface area contributed by atoms with E-state index in [4.69, 9.17) is 15.2 Å². The van der Waals surface area contributed by atoms with Crippen LogP contribution in [0.5, 0.6) is 11.5 Å². The molecule has 3 N–H and O–H groups in total. The van der Waals surface area contributed by atoms with E-state index in [1.165, 1.54) is 0 Å². The van der Waals surface area contributed by atoms with Crippen LogP contribution in [-0.4, -0.2) is 26.0 Å². The molecular formula is C9H10N2O4S2. The molecule has 1 heterocycles. The number of hydrogen-bond donors (Lipinski definition) is 2. The third-order valence-corrected chi connectivity index (χ3v) is 3.54. The molecule has 0 unspecified atom stereocenters. The molecule has 17 heavy (non-hydrogen) atoms. The highest BCUT2D eigenvalue weighted by molar-refractivity contribution is 7.95. The molecule has 1 aromatic rings. The fraction of sp³-hybridized carbons (Fsp3) is 0.222. The summed E-state index contributed by atoms with van der Waals surface area (Å²) in [6, 6.07) is 4.74. The third-order valence-electron chi connectivity index (χ3n) is 1.98. The van der Waals surface area contributed by atoms with Crippen molar-refractivity contribution in [2.75, 3.05) is 17.3 Å². The first-order chi connectivity index (χ1) is 7.96. The zero-order valence-corrected chi connectivity index (χ0v) is 10.3. The van der Waals surface area contributed by atoms with E-state index in [1.807, 2.05) is 0 Å². The highest BCUT2D eigenvalue weighted by atomic mass is 32.2. The van der Waals surface area contributed by atoms with E-state index in [9.17, 15) is 8.42 Å². The normalized spacial score (nSPS) is 13.4. The number of nitrogens with two attached hydrogens (primary N) is 1. The zero-order valence-electron chi connectivity index (χ0n) is 8.67. The lowest BCUT2D eigenvalue weighted by atomic mass is 10.3. The Kier molecular flexibility index (Phi) is 3.07. The standard InChI is InChI=1S/C9H10N2O4S2/c10-9(16)4-17(12,13)11-6-1-2-7-8(3-6)15-5-14-7/h1-3,11H,4-5H2,(H2,10,16). The van der Waals surface area contributed by atoms with E-state index in [1.54, 1.807) is 18.2 Å². The van der Waals surface area contributed by atoms with Crippen LogP contribution in [0.4, 0.5) is 5.69 Å². The number of fused-ring (bicyclic) bond motifs is 1. The fourth-order valence-electron chi connectivity index (χ4n) is 1.36. The molecule has 0 saturated carbocycles. The third kappa shape index (κ3) is 2.98. The second-order valence-corrected chi connectivity index (χ2v) is 5.64. The highest BCUT2D eigenvalue weighted by Crippen LogP contribution is 2.34. The van der Waals surface area contributed by atoms with Gasteiger partial charge in [0.25, 0.3) is 0 Å². The van der Waals surface area contributed by atoms with Crippen molar-refractivity contribution >= 4 is 32.9 Å². The Morgan fingerprint density at radius 1 is 1.41 bits per heavy atom. The number of nitrogens with one attached hydrogen (secondary N) is 1. The maximum atomic E-state index is 11.6. The number of rotatable bonds is 4. The molecule has 6 nitrogen and oxygen atoms in total. The van der Waals surface area contributed by atoms with Gasteiger partial charge in [-0.05, 0) is 12.1 Å². The molecule has 2 rings (SSSR count). The second-order valence-electron chi connectivity index (χ2n) is 3.40. The van der Waals surface area contributed by atoms with Crippen LogP contribution in [0.15, 0.2) is 18.2 Å². The minimum Gasteiger partial charge on any atom is -0.454 e. The number of thiocarbonyl (C=S) groups is 1. The van der Waals surface area contributed by atoms with E-state index < -0.39 is 15.8 Å². The first kappa shape index (κ1) is 11.9. The molecule has 0 aromatic heterocycles. The predicted octanol–water partition coefficient (Wildman–Crippen LogP) is 0.443. The van der Waals surface area contributed by atoms with Crippen molar-refractivity contribution in [2.24, 2.45) is 5.73 Å². The smallest absolute Gasteiger partial charge is 0.239 e. The lowest BCUT2D eigenvalue weighted by molar-refractivity contribution is 0.174. The maximum Gasteiger partial charge on any atom is 0.239 e. The van der Waals surface area contributed by atoms with E-state index in [-0.39, 0.29) is 11.8 Å². The van der Waals surface area contributed by atoms with Crippen LogP contribution in [0.25, 0.3) is 0 Å². The van der Waals surface area contributed by atoms with Gasteiger partial charge in [0.05, 0.1) is 10.7 Å². The predicted molar refractivity (Wildman–Crippen MR) is 66.8 cm³/mol. The molecule has 1 aromatic carbocycles. The summed E-state index contributed by atoms with van der Waals surface area (Å²) in [7, 11) is -3.56. The molecule has 0 saturated heterocycles. The number of hydrogen-bond acceptors (Lipinski definition) is 5. The maximum absolute atomic E-state index is 11.6. The number of anilines is 1. The van der Waals surface area contributed by atoms with Crippen molar-refractivity contribution in [3.8, 4) is 11.5 Å². The summed E-state index contributed by atoms with van der Waals surface area (Å²) >= 11 is 4.55. The van der Waals surface area contributed by atoms with Gasteiger partial charge in [-0.15, -0.1) is 0 Å². The summed E-state index contributed by atoms with van der Waals surface area (Å²) in [4.78, 5) is -0.0850. The van der Waals surface area contributed by atoms with Gasteiger partial charge in [0, 0.05) is 6.07 Å². The average Bonchev–Trinajstić information content (AvgIpc) is 2.61. The Morgan fingerprint density at radius 2 is 2.12 bits per heavy atom. The van der Waals surface area contributed by atoms with Crippen LogP contribution in [-0.2, 0) is 10.0 Å². The summed E-state index contributed by atoms with van der Waals surface area (Å²) in [5, 5.41) is 0. The Morgan fingerprint density at radius 3 is 2.82 bits per heavy atom. The molecule has 1 aliphatic heterocycles. The van der Waals surface area contributed by atoms with Gasteiger partial charge in [0.1, 0.15) is 5.75 Å². The minimum absolute atomic E-state index is 0.0850. The first-order valence-corrected chi connectivity index (χ1v) is 6.71. The van der Waals surface area contributed by atoms with Gasteiger partial charge in [-0.1, -0.05) is 12.2 Å². The number of benzene rings is 1. The summed E-state index contributed by atoms with van der Waals surface area (Å²) in [6.07, 6.45) is 0. The van der Waals surface area contributed by atoms with E-state index >= 15 is 0 Å². The first-order valence-electron chi connectivity index (χ1n) is 4.65. The topological polar surface area (TPSA) is 90.7 Å². The van der Waals surface area contributed by atoms with E-state index in [0.29, 0.717) is 17.2 Å². The molecular weight excluding hydrogens is 264 g/mol. The van der Waals surface area contributed by atoms with Crippen molar-refractivity contribution in [2.45, 2.75) is 0 Å². The molecule has 0 aliphatic carbocycles. The van der Waals surface area contributed by atoms with Gasteiger partial charge >= 0.3 is 0 Å². The molecule has 0 spiro atoms. The van der Waals surface area contributed by atoms with Crippen LogP contribution in [0.3, 0.4) is 0 Å². The molecule has 0 bridgehead atoms. The monoisotopic (exact) mass is 274 g/mol. The molecule has 0 amide bonds. The van der Waals surface area contributed by atoms with E-state index in [0.717, 1.165) is 0 Å². The van der Waals surface area contributed by atoms with Gasteiger partial charge in [-0.2, -0.15) is 0 Å². The molecule has 0 atom stereocenters. The zero-order chi connectivity index (χ0) is 12.5. The second kappa shape index (κ2) is 4.38. The van der Waals surface area contributed by atoms with Crippen LogP contribution < -0.4 is 19.9 Å². The Hall–Kier alpha value is -1.54. The number of sulfonamides is 1. The Bertz CT molecular complexity index is 556. The van der Waals surface area contributed by atoms with Gasteiger partial charge in [-0.25, -0.2) is 8.42 Å². The van der Waals surface area contributed by atoms with Crippen molar-refractivity contribution in [3.05, 3.63) is 18.2 Å². The highest BCUT2D eigenvalue weighted by Gasteiger charge is 2.16. The lowest BCUT2D eigenvalue weighted by Crippen LogP contribution is -2.26. The van der Waals surface area contributed by atoms with Crippen molar-refractivity contribution in [1.29, 1.82) is 0 Å². The number of ether oxygens (including phenoxy) is 2. The summed E-state index contributed by atoms with van der Waals surface area (Å²) in [5.41, 5.74) is 5.57. The fourth-order valence-corrected chi connectivity index (χ4v) is 2.76. The lowest BCUT2D eigenvalue weighted by Gasteiger charge is -2.07. The Balaban J connectivity index is 2.17. The molecule has 92 valence electrons. The van der Waals surface area contributed by atoms with Gasteiger partial charge in [0.2, 0.25) is 16.8 Å². The van der Waals surface area contributed by atoms with Crippen molar-refractivity contribution in [1.82, 2.24) is 0 Å². The van der Waals surface area contributed by atoms with Crippen LogP contribution >= 0.6 is 12.2 Å². The molecule has 0 fully saturated rings. The van der Waals surface area contributed by atoms with Crippen LogP contribution in [0.2, 0.25) is 0 Å². The van der Waals surface area contributed by atoms with Gasteiger partial charge < -0.3 is 15.2 Å². The van der Waals surface area contributed by atoms with E-state index in [2.05, 4.69) is 16.9 Å². The van der Waals surface area contributed by atoms with Gasteiger partial charge in [0.15, 0.2) is 11.5 Å². The molecule has 8 heteroatoms. The summed E-state index contributed by atoms with van der Waals surface area (Å²) in [6.45, 7) is 0.137. The summed E-state index contributed by atoms with van der Waals surface area (Å²) < 4.78 is 35.7. The minimum atomic E-state index is -3.56. The van der Waals surface area contributed by atoms with Crippen molar-refractivity contribution < 1.29 is 17.9 Å².